The molecule has 4 heteroatoms. The van der Waals surface area contributed by atoms with E-state index in [2.05, 4.69) is 36.4 Å². The summed E-state index contributed by atoms with van der Waals surface area (Å²) in [6.45, 7) is 10.0. The van der Waals surface area contributed by atoms with Gasteiger partial charge in [0.15, 0.2) is 5.75 Å². The van der Waals surface area contributed by atoms with E-state index < -0.39 is 0 Å². The van der Waals surface area contributed by atoms with Gasteiger partial charge in [-0.05, 0) is 44.5 Å². The van der Waals surface area contributed by atoms with E-state index in [1.54, 1.807) is 0 Å². The number of ether oxygens (including phenoxy) is 1. The quantitative estimate of drug-likeness (QED) is 0.909. The summed E-state index contributed by atoms with van der Waals surface area (Å²) in [6.07, 6.45) is 0. The number of hydrogen-bond donors (Lipinski definition) is 1. The molecule has 0 bridgehead atoms. The highest BCUT2D eigenvalue weighted by Crippen LogP contribution is 2.30. The topological polar surface area (TPSA) is 39.1 Å². The highest BCUT2D eigenvalue weighted by Gasteiger charge is 2.12. The maximum atomic E-state index is 6.05. The molecule has 0 radical (unpaired) electrons. The Hall–Kier alpha value is -1.81. The lowest BCUT2D eigenvalue weighted by atomic mass is 10.1. The van der Waals surface area contributed by atoms with E-state index >= 15 is 0 Å². The van der Waals surface area contributed by atoms with Gasteiger partial charge in [0.1, 0.15) is 11.4 Å². The van der Waals surface area contributed by atoms with Gasteiger partial charge in [0, 0.05) is 13.6 Å². The second-order valence-corrected chi connectivity index (χ2v) is 5.11. The van der Waals surface area contributed by atoms with Crippen molar-refractivity contribution in [1.29, 1.82) is 0 Å². The second kappa shape index (κ2) is 6.09. The van der Waals surface area contributed by atoms with E-state index in [-0.39, 0.29) is 0 Å². The largest absolute Gasteiger partial charge is 0.453 e. The molecule has 0 saturated heterocycles. The van der Waals surface area contributed by atoms with Crippen LogP contribution in [-0.2, 0) is 13.6 Å². The minimum Gasteiger partial charge on any atom is -0.453 e. The first-order chi connectivity index (χ1) is 9.52. The lowest BCUT2D eigenvalue weighted by molar-refractivity contribution is 0.470. The number of hydrogen-bond acceptors (Lipinski definition) is 3. The van der Waals surface area contributed by atoms with Crippen LogP contribution in [0.4, 0.5) is 0 Å². The van der Waals surface area contributed by atoms with Gasteiger partial charge in [-0.1, -0.05) is 19.1 Å². The van der Waals surface area contributed by atoms with Crippen LogP contribution in [0.3, 0.4) is 0 Å². The summed E-state index contributed by atoms with van der Waals surface area (Å²) in [6, 6.07) is 6.30. The number of aryl methyl sites for hydroxylation is 3. The third-order valence-electron chi connectivity index (χ3n) is 3.47. The summed E-state index contributed by atoms with van der Waals surface area (Å²) in [5.41, 5.74) is 4.37. The molecule has 2 aromatic rings. The maximum Gasteiger partial charge on any atom is 0.171 e. The predicted molar refractivity (Wildman–Crippen MR) is 81.3 cm³/mol. The van der Waals surface area contributed by atoms with Crippen molar-refractivity contribution in [3.05, 3.63) is 40.7 Å². The van der Waals surface area contributed by atoms with Crippen molar-refractivity contribution < 1.29 is 4.74 Å². The van der Waals surface area contributed by atoms with E-state index in [1.165, 1.54) is 5.56 Å². The summed E-state index contributed by atoms with van der Waals surface area (Å²) in [7, 11) is 1.93. The fourth-order valence-electron chi connectivity index (χ4n) is 2.22. The van der Waals surface area contributed by atoms with Crippen LogP contribution in [0.1, 0.15) is 29.4 Å². The van der Waals surface area contributed by atoms with Gasteiger partial charge in [-0.25, -0.2) is 0 Å². The maximum absolute atomic E-state index is 6.05. The van der Waals surface area contributed by atoms with Crippen molar-refractivity contribution in [3.8, 4) is 11.5 Å². The van der Waals surface area contributed by atoms with E-state index in [1.807, 2.05) is 31.6 Å². The summed E-state index contributed by atoms with van der Waals surface area (Å²) in [4.78, 5) is 0. The minimum absolute atomic E-state index is 0.857. The molecule has 1 aromatic carbocycles. The molecule has 0 aliphatic carbocycles. The van der Waals surface area contributed by atoms with Crippen molar-refractivity contribution in [1.82, 2.24) is 15.1 Å². The van der Waals surface area contributed by atoms with E-state index in [4.69, 9.17) is 4.74 Å². The first kappa shape index (κ1) is 14.6. The number of benzene rings is 1. The molecule has 108 valence electrons. The van der Waals surface area contributed by atoms with Gasteiger partial charge in [0.25, 0.3) is 0 Å². The molecule has 2 rings (SSSR count). The van der Waals surface area contributed by atoms with E-state index in [0.29, 0.717) is 0 Å². The molecular weight excluding hydrogens is 250 g/mol. The van der Waals surface area contributed by atoms with E-state index in [9.17, 15) is 0 Å². The Morgan fingerprint density at radius 2 is 2.00 bits per heavy atom. The van der Waals surface area contributed by atoms with Gasteiger partial charge in [-0.3, -0.25) is 4.68 Å². The highest BCUT2D eigenvalue weighted by atomic mass is 16.5. The van der Waals surface area contributed by atoms with Crippen LogP contribution in [0.25, 0.3) is 0 Å². The molecule has 1 N–H and O–H groups in total. The monoisotopic (exact) mass is 273 g/mol. The molecule has 0 fully saturated rings. The summed E-state index contributed by atoms with van der Waals surface area (Å²) < 4.78 is 7.89. The minimum atomic E-state index is 0.857. The molecular formula is C16H23N3O. The standard InChI is InChI=1S/C16H23N3O/c1-6-17-10-14-7-8-15(11(2)9-14)20-16-12(3)18-19(5)13(16)4/h7-9,17H,6,10H2,1-5H3. The molecule has 0 saturated carbocycles. The first-order valence-electron chi connectivity index (χ1n) is 7.01. The van der Waals surface area contributed by atoms with Crippen LogP contribution in [0.5, 0.6) is 11.5 Å². The number of nitrogens with zero attached hydrogens (tertiary/aromatic N) is 2. The smallest absolute Gasteiger partial charge is 0.171 e. The summed E-state index contributed by atoms with van der Waals surface area (Å²) in [5, 5.41) is 7.70. The van der Waals surface area contributed by atoms with Crippen LogP contribution in [0.2, 0.25) is 0 Å². The fraction of sp³-hybridized carbons (Fsp3) is 0.438. The Bertz CT molecular complexity index is 602. The average molecular weight is 273 g/mol. The molecule has 0 spiro atoms. The Kier molecular flexibility index (Phi) is 4.45. The summed E-state index contributed by atoms with van der Waals surface area (Å²) >= 11 is 0. The molecule has 1 aromatic heterocycles. The van der Waals surface area contributed by atoms with Crippen molar-refractivity contribution >= 4 is 0 Å². The molecule has 4 nitrogen and oxygen atoms in total. The van der Waals surface area contributed by atoms with Crippen molar-refractivity contribution in [2.24, 2.45) is 7.05 Å². The first-order valence-corrected chi connectivity index (χ1v) is 7.01. The Balaban J connectivity index is 2.21. The molecule has 0 aliphatic rings. The highest BCUT2D eigenvalue weighted by molar-refractivity contribution is 5.42. The van der Waals surface area contributed by atoms with Crippen molar-refractivity contribution in [2.45, 2.75) is 34.2 Å². The number of rotatable bonds is 5. The number of nitrogens with one attached hydrogen (secondary N) is 1. The second-order valence-electron chi connectivity index (χ2n) is 5.11. The number of aromatic nitrogens is 2. The molecule has 0 amide bonds. The lowest BCUT2D eigenvalue weighted by Gasteiger charge is -2.11. The fourth-order valence-corrected chi connectivity index (χ4v) is 2.22. The Morgan fingerprint density at radius 3 is 2.55 bits per heavy atom. The van der Waals surface area contributed by atoms with Crippen molar-refractivity contribution in [3.63, 3.8) is 0 Å². The van der Waals surface area contributed by atoms with Gasteiger partial charge in [0.05, 0.1) is 5.69 Å². The molecule has 0 aliphatic heterocycles. The van der Waals surface area contributed by atoms with Gasteiger partial charge in [0.2, 0.25) is 0 Å². The van der Waals surface area contributed by atoms with Crippen LogP contribution in [-0.4, -0.2) is 16.3 Å². The van der Waals surface area contributed by atoms with Crippen LogP contribution in [0.15, 0.2) is 18.2 Å². The summed E-state index contributed by atoms with van der Waals surface area (Å²) in [5.74, 6) is 1.75. The van der Waals surface area contributed by atoms with Crippen molar-refractivity contribution in [2.75, 3.05) is 6.54 Å². The third kappa shape index (κ3) is 3.02. The molecule has 0 unspecified atom stereocenters. The van der Waals surface area contributed by atoms with Gasteiger partial charge in [-0.15, -0.1) is 0 Å². The average Bonchev–Trinajstić information content (AvgIpc) is 2.65. The Labute approximate surface area is 120 Å². The normalized spacial score (nSPS) is 10.8. The van der Waals surface area contributed by atoms with Crippen LogP contribution >= 0.6 is 0 Å². The van der Waals surface area contributed by atoms with E-state index in [0.717, 1.165) is 41.5 Å². The molecule has 1 heterocycles. The van der Waals surface area contributed by atoms with Crippen LogP contribution < -0.4 is 10.1 Å². The zero-order chi connectivity index (χ0) is 14.7. The zero-order valence-corrected chi connectivity index (χ0v) is 12.9. The van der Waals surface area contributed by atoms with Gasteiger partial charge < -0.3 is 10.1 Å². The molecule has 20 heavy (non-hydrogen) atoms. The predicted octanol–water partition coefficient (Wildman–Crippen LogP) is 3.25. The zero-order valence-electron chi connectivity index (χ0n) is 12.9. The molecule has 0 atom stereocenters. The van der Waals surface area contributed by atoms with Gasteiger partial charge >= 0.3 is 0 Å². The van der Waals surface area contributed by atoms with Crippen LogP contribution in [0, 0.1) is 20.8 Å². The van der Waals surface area contributed by atoms with Gasteiger partial charge in [-0.2, -0.15) is 5.10 Å². The Morgan fingerprint density at radius 1 is 1.25 bits per heavy atom. The lowest BCUT2D eigenvalue weighted by Crippen LogP contribution is -2.11. The SMILES string of the molecule is CCNCc1ccc(Oc2c(C)nn(C)c2C)c(C)c1. The third-order valence-corrected chi connectivity index (χ3v) is 3.47.